The zero-order valence-electron chi connectivity index (χ0n) is 18.9. The van der Waals surface area contributed by atoms with E-state index in [0.29, 0.717) is 17.8 Å². The van der Waals surface area contributed by atoms with E-state index in [1.807, 2.05) is 0 Å². The van der Waals surface area contributed by atoms with Crippen molar-refractivity contribution < 1.29 is 9.53 Å². The monoisotopic (exact) mass is 436 g/mol. The number of cyclic esters (lactones) is 1. The van der Waals surface area contributed by atoms with Crippen molar-refractivity contribution >= 4 is 17.9 Å². The number of benzene rings is 1. The van der Waals surface area contributed by atoms with E-state index in [4.69, 9.17) is 4.74 Å². The Bertz CT molecular complexity index is 955. The van der Waals surface area contributed by atoms with Gasteiger partial charge in [-0.1, -0.05) is 37.1 Å². The minimum atomic E-state index is -0.393. The van der Waals surface area contributed by atoms with Crippen LogP contribution in [0.5, 0.6) is 0 Å². The van der Waals surface area contributed by atoms with Gasteiger partial charge >= 0.3 is 6.09 Å². The lowest BCUT2D eigenvalue weighted by Crippen LogP contribution is -2.45. The molecule has 1 aliphatic carbocycles. The maximum atomic E-state index is 11.8. The number of nitrogens with zero attached hydrogens (tertiary/aromatic N) is 4. The van der Waals surface area contributed by atoms with Crippen LogP contribution in [0.15, 0.2) is 30.5 Å². The van der Waals surface area contributed by atoms with Crippen molar-refractivity contribution in [3.8, 4) is 0 Å². The van der Waals surface area contributed by atoms with Crippen molar-refractivity contribution in [3.63, 3.8) is 0 Å². The fraction of sp³-hybridized carbons (Fsp3) is 0.542. The summed E-state index contributed by atoms with van der Waals surface area (Å²) in [7, 11) is 1.66. The molecule has 3 heterocycles. The van der Waals surface area contributed by atoms with Gasteiger partial charge in [0.2, 0.25) is 5.95 Å². The molecule has 1 amide bonds. The van der Waals surface area contributed by atoms with Gasteiger partial charge < -0.3 is 15.4 Å². The lowest BCUT2D eigenvalue weighted by atomic mass is 9.96. The molecular formula is C24H32N6O2. The van der Waals surface area contributed by atoms with Gasteiger partial charge in [0.25, 0.3) is 0 Å². The largest absolute Gasteiger partial charge is 0.444 e. The summed E-state index contributed by atoms with van der Waals surface area (Å²) in [5.74, 6) is 2.00. The van der Waals surface area contributed by atoms with Crippen LogP contribution in [0, 0.1) is 5.92 Å². The molecule has 0 spiro atoms. The van der Waals surface area contributed by atoms with Crippen LogP contribution in [-0.4, -0.2) is 54.2 Å². The number of nitrogens with one attached hydrogen (secondary N) is 2. The van der Waals surface area contributed by atoms with Crippen LogP contribution in [0.4, 0.5) is 16.6 Å². The van der Waals surface area contributed by atoms with E-state index in [-0.39, 0.29) is 12.6 Å². The number of carbonyl (C=O) groups excluding carboxylic acids is 1. The predicted molar refractivity (Wildman–Crippen MR) is 124 cm³/mol. The number of rotatable bonds is 7. The minimum absolute atomic E-state index is 0.0454. The molecule has 0 bridgehead atoms. The van der Waals surface area contributed by atoms with E-state index in [1.54, 1.807) is 13.2 Å². The molecule has 2 fully saturated rings. The molecule has 1 saturated heterocycles. The molecule has 1 aromatic heterocycles. The van der Waals surface area contributed by atoms with Crippen molar-refractivity contribution in [3.05, 3.63) is 47.2 Å². The van der Waals surface area contributed by atoms with Crippen molar-refractivity contribution in [2.45, 2.75) is 44.9 Å². The molecule has 8 heteroatoms. The van der Waals surface area contributed by atoms with Gasteiger partial charge in [-0.15, -0.1) is 0 Å². The first-order chi connectivity index (χ1) is 15.6. The SMILES string of the molecule is C[C@H](Nc1ncc2c(n1)N(C)C(=O)OC2)c1ccc([C@@H](CC2CC2)N2CCNCC2)cc1. The normalized spacial score (nSPS) is 20.9. The van der Waals surface area contributed by atoms with Crippen LogP contribution in [-0.2, 0) is 11.3 Å². The van der Waals surface area contributed by atoms with E-state index in [2.05, 4.69) is 56.7 Å². The average molecular weight is 437 g/mol. The number of hydrogen-bond donors (Lipinski definition) is 2. The highest BCUT2D eigenvalue weighted by Crippen LogP contribution is 2.40. The summed E-state index contributed by atoms with van der Waals surface area (Å²) in [6.45, 7) is 6.71. The van der Waals surface area contributed by atoms with Gasteiger partial charge in [-0.05, 0) is 30.4 Å². The smallest absolute Gasteiger partial charge is 0.415 e. The second-order valence-corrected chi connectivity index (χ2v) is 9.17. The third-order valence-electron chi connectivity index (χ3n) is 6.80. The summed E-state index contributed by atoms with van der Waals surface area (Å²) >= 11 is 0. The Morgan fingerprint density at radius 3 is 2.62 bits per heavy atom. The highest BCUT2D eigenvalue weighted by atomic mass is 16.6. The van der Waals surface area contributed by atoms with Gasteiger partial charge in [-0.2, -0.15) is 4.98 Å². The lowest BCUT2D eigenvalue weighted by molar-refractivity contribution is 0.143. The number of piperazine rings is 1. The molecule has 3 aliphatic rings. The first-order valence-electron chi connectivity index (χ1n) is 11.7. The highest BCUT2D eigenvalue weighted by Gasteiger charge is 2.30. The zero-order chi connectivity index (χ0) is 22.1. The Balaban J connectivity index is 1.28. The van der Waals surface area contributed by atoms with Gasteiger partial charge in [0.15, 0.2) is 0 Å². The topological polar surface area (TPSA) is 82.6 Å². The third-order valence-corrected chi connectivity index (χ3v) is 6.80. The summed E-state index contributed by atoms with van der Waals surface area (Å²) in [6, 6.07) is 9.58. The van der Waals surface area contributed by atoms with E-state index in [1.165, 1.54) is 35.3 Å². The Morgan fingerprint density at radius 2 is 1.91 bits per heavy atom. The molecule has 1 saturated carbocycles. The predicted octanol–water partition coefficient (Wildman–Crippen LogP) is 3.48. The van der Waals surface area contributed by atoms with Crippen molar-refractivity contribution in [2.75, 3.05) is 43.4 Å². The number of aromatic nitrogens is 2. The van der Waals surface area contributed by atoms with Gasteiger partial charge in [-0.25, -0.2) is 9.78 Å². The first-order valence-corrected chi connectivity index (χ1v) is 11.7. The van der Waals surface area contributed by atoms with Crippen LogP contribution in [0.25, 0.3) is 0 Å². The molecule has 2 aliphatic heterocycles. The molecule has 2 N–H and O–H groups in total. The fourth-order valence-electron chi connectivity index (χ4n) is 4.63. The lowest BCUT2D eigenvalue weighted by Gasteiger charge is -2.35. The van der Waals surface area contributed by atoms with Crippen LogP contribution in [0.3, 0.4) is 0 Å². The molecule has 1 aromatic carbocycles. The number of anilines is 2. The number of fused-ring (bicyclic) bond motifs is 1. The standard InChI is InChI=1S/C24H32N6O2/c1-16(27-23-26-14-20-15-32-24(31)29(2)22(20)28-23)18-5-7-19(8-6-18)21(13-17-3-4-17)30-11-9-25-10-12-30/h5-8,14,16-17,21,25H,3-4,9-13,15H2,1-2H3,(H,26,27,28)/t16-,21+/m0/s1. The maximum Gasteiger partial charge on any atom is 0.415 e. The van der Waals surface area contributed by atoms with Crippen LogP contribution in [0.2, 0.25) is 0 Å². The van der Waals surface area contributed by atoms with Crippen molar-refractivity contribution in [2.24, 2.45) is 5.92 Å². The second-order valence-electron chi connectivity index (χ2n) is 9.17. The summed E-state index contributed by atoms with van der Waals surface area (Å²) in [4.78, 5) is 24.8. The fourth-order valence-corrected chi connectivity index (χ4v) is 4.63. The minimum Gasteiger partial charge on any atom is -0.444 e. The molecule has 2 aromatic rings. The summed E-state index contributed by atoms with van der Waals surface area (Å²) < 4.78 is 5.09. The summed E-state index contributed by atoms with van der Waals surface area (Å²) in [5.41, 5.74) is 3.41. The Kier molecular flexibility index (Phi) is 5.97. The van der Waals surface area contributed by atoms with Crippen LogP contribution < -0.4 is 15.5 Å². The first kappa shape index (κ1) is 21.2. The Hall–Kier alpha value is -2.71. The Labute approximate surface area is 189 Å². The molecule has 0 radical (unpaired) electrons. The molecule has 0 unspecified atom stereocenters. The van der Waals surface area contributed by atoms with Crippen LogP contribution >= 0.6 is 0 Å². The molecular weight excluding hydrogens is 404 g/mol. The van der Waals surface area contributed by atoms with Crippen LogP contribution in [0.1, 0.15) is 55.0 Å². The van der Waals surface area contributed by atoms with E-state index in [0.717, 1.165) is 37.7 Å². The van der Waals surface area contributed by atoms with Crippen molar-refractivity contribution in [1.29, 1.82) is 0 Å². The number of ether oxygens (including phenoxy) is 1. The average Bonchev–Trinajstić information content (AvgIpc) is 3.65. The van der Waals surface area contributed by atoms with E-state index < -0.39 is 6.09 Å². The van der Waals surface area contributed by atoms with Gasteiger partial charge in [-0.3, -0.25) is 9.80 Å². The van der Waals surface area contributed by atoms with Gasteiger partial charge in [0.05, 0.1) is 11.6 Å². The molecule has 5 rings (SSSR count). The quantitative estimate of drug-likeness (QED) is 0.688. The molecule has 32 heavy (non-hydrogen) atoms. The third kappa shape index (κ3) is 4.56. The number of hydrogen-bond acceptors (Lipinski definition) is 7. The second kappa shape index (κ2) is 9.03. The molecule has 170 valence electrons. The number of carbonyl (C=O) groups is 1. The molecule has 8 nitrogen and oxygen atoms in total. The molecule has 2 atom stereocenters. The maximum absolute atomic E-state index is 11.8. The van der Waals surface area contributed by atoms with E-state index in [9.17, 15) is 4.79 Å². The van der Waals surface area contributed by atoms with Gasteiger partial charge in [0.1, 0.15) is 12.4 Å². The summed E-state index contributed by atoms with van der Waals surface area (Å²) in [5, 5.41) is 6.85. The Morgan fingerprint density at radius 1 is 1.19 bits per heavy atom. The number of amides is 1. The van der Waals surface area contributed by atoms with Gasteiger partial charge in [0, 0.05) is 45.5 Å². The van der Waals surface area contributed by atoms with E-state index >= 15 is 0 Å². The summed E-state index contributed by atoms with van der Waals surface area (Å²) in [6.07, 6.45) is 5.37. The zero-order valence-corrected chi connectivity index (χ0v) is 18.9. The highest BCUT2D eigenvalue weighted by molar-refractivity contribution is 5.88. The van der Waals surface area contributed by atoms with Crippen molar-refractivity contribution in [1.82, 2.24) is 20.2 Å².